The zero-order valence-corrected chi connectivity index (χ0v) is 16.0. The summed E-state index contributed by atoms with van der Waals surface area (Å²) in [6, 6.07) is 7.90. The van der Waals surface area contributed by atoms with E-state index < -0.39 is 24.1 Å². The molecule has 0 unspecified atom stereocenters. The van der Waals surface area contributed by atoms with Crippen LogP contribution < -0.4 is 16.6 Å². The van der Waals surface area contributed by atoms with Crippen molar-refractivity contribution in [3.05, 3.63) is 66.9 Å². The standard InChI is InChI=1S/C18H22BrN3O4/c1-2-11-10-22(18(25)21-17(11)24)16-7-14(23)15(26-16)9-20-8-12-5-3-4-6-13(12)19/h3-6,10,14-16,20,23H,2,7-9H2,1H3,(H,21,24,25)/t14-,15+,16+/m0/s1. The van der Waals surface area contributed by atoms with Gasteiger partial charge in [-0.05, 0) is 18.1 Å². The largest absolute Gasteiger partial charge is 0.390 e. The van der Waals surface area contributed by atoms with Gasteiger partial charge >= 0.3 is 5.69 Å². The Balaban J connectivity index is 1.64. The normalized spacial score (nSPS) is 22.7. The van der Waals surface area contributed by atoms with E-state index in [9.17, 15) is 14.7 Å². The average molecular weight is 424 g/mol. The van der Waals surface area contributed by atoms with E-state index in [2.05, 4.69) is 26.2 Å². The summed E-state index contributed by atoms with van der Waals surface area (Å²) in [4.78, 5) is 26.1. The summed E-state index contributed by atoms with van der Waals surface area (Å²) in [5, 5.41) is 13.6. The lowest BCUT2D eigenvalue weighted by molar-refractivity contribution is -0.0194. The van der Waals surface area contributed by atoms with Crippen molar-refractivity contribution in [2.24, 2.45) is 0 Å². The molecule has 2 heterocycles. The SMILES string of the molecule is CCc1cn([C@H]2C[C@H](O)[C@@H](CNCc3ccccc3Br)O2)c(=O)[nH]c1=O. The molecule has 3 atom stereocenters. The van der Waals surface area contributed by atoms with Gasteiger partial charge in [0.25, 0.3) is 5.56 Å². The Morgan fingerprint density at radius 3 is 2.85 bits per heavy atom. The maximum atomic E-state index is 12.1. The van der Waals surface area contributed by atoms with Crippen LogP contribution in [0.3, 0.4) is 0 Å². The van der Waals surface area contributed by atoms with E-state index in [1.165, 1.54) is 10.8 Å². The first-order valence-electron chi connectivity index (χ1n) is 8.61. The van der Waals surface area contributed by atoms with Crippen LogP contribution >= 0.6 is 15.9 Å². The van der Waals surface area contributed by atoms with E-state index >= 15 is 0 Å². The first-order valence-corrected chi connectivity index (χ1v) is 9.41. The van der Waals surface area contributed by atoms with Crippen LogP contribution in [0.5, 0.6) is 0 Å². The molecule has 8 heteroatoms. The van der Waals surface area contributed by atoms with E-state index in [4.69, 9.17) is 4.74 Å². The molecule has 0 amide bonds. The van der Waals surface area contributed by atoms with Crippen LogP contribution in [0.15, 0.2) is 44.5 Å². The van der Waals surface area contributed by atoms with Crippen LogP contribution in [-0.2, 0) is 17.7 Å². The maximum Gasteiger partial charge on any atom is 0.330 e. The highest BCUT2D eigenvalue weighted by Gasteiger charge is 2.35. The molecule has 26 heavy (non-hydrogen) atoms. The Kier molecular flexibility index (Phi) is 6.08. The van der Waals surface area contributed by atoms with Crippen LogP contribution in [0, 0.1) is 0 Å². The number of aryl methyl sites for hydroxylation is 1. The molecule has 1 fully saturated rings. The number of ether oxygens (including phenoxy) is 1. The van der Waals surface area contributed by atoms with E-state index in [1.807, 2.05) is 31.2 Å². The van der Waals surface area contributed by atoms with Gasteiger partial charge in [-0.25, -0.2) is 4.79 Å². The molecular formula is C18H22BrN3O4. The lowest BCUT2D eigenvalue weighted by atomic mass is 10.1. The summed E-state index contributed by atoms with van der Waals surface area (Å²) in [6.45, 7) is 2.94. The highest BCUT2D eigenvalue weighted by Crippen LogP contribution is 2.27. The number of aromatic nitrogens is 2. The topological polar surface area (TPSA) is 96.3 Å². The van der Waals surface area contributed by atoms with Gasteiger partial charge in [0.15, 0.2) is 0 Å². The van der Waals surface area contributed by atoms with E-state index in [0.717, 1.165) is 10.0 Å². The number of aromatic amines is 1. The van der Waals surface area contributed by atoms with Gasteiger partial charge in [0, 0.05) is 35.7 Å². The molecule has 0 radical (unpaired) electrons. The average Bonchev–Trinajstić information content (AvgIpc) is 2.97. The van der Waals surface area contributed by atoms with Crippen molar-refractivity contribution in [2.45, 2.75) is 44.7 Å². The number of nitrogens with one attached hydrogen (secondary N) is 2. The lowest BCUT2D eigenvalue weighted by Crippen LogP contribution is -2.35. The number of halogens is 1. The van der Waals surface area contributed by atoms with Crippen molar-refractivity contribution in [1.29, 1.82) is 0 Å². The molecule has 0 aliphatic carbocycles. The first-order chi connectivity index (χ1) is 12.5. The third-order valence-corrected chi connectivity index (χ3v) is 5.33. The molecule has 3 N–H and O–H groups in total. The fourth-order valence-corrected chi connectivity index (χ4v) is 3.48. The fraction of sp³-hybridized carbons (Fsp3) is 0.444. The summed E-state index contributed by atoms with van der Waals surface area (Å²) in [7, 11) is 0. The summed E-state index contributed by atoms with van der Waals surface area (Å²) in [5.74, 6) is 0. The van der Waals surface area contributed by atoms with Crippen LogP contribution in [-0.4, -0.2) is 33.4 Å². The molecule has 0 bridgehead atoms. The van der Waals surface area contributed by atoms with Gasteiger partial charge < -0.3 is 15.2 Å². The predicted molar refractivity (Wildman–Crippen MR) is 101 cm³/mol. The van der Waals surface area contributed by atoms with Crippen LogP contribution in [0.25, 0.3) is 0 Å². The van der Waals surface area contributed by atoms with Crippen LogP contribution in [0.4, 0.5) is 0 Å². The van der Waals surface area contributed by atoms with Crippen molar-refractivity contribution in [2.75, 3.05) is 6.54 Å². The number of rotatable bonds is 6. The molecule has 1 aromatic carbocycles. The first kappa shape index (κ1) is 19.0. The van der Waals surface area contributed by atoms with Gasteiger partial charge in [-0.1, -0.05) is 41.1 Å². The Morgan fingerprint density at radius 2 is 2.12 bits per heavy atom. The van der Waals surface area contributed by atoms with Crippen molar-refractivity contribution in [3.63, 3.8) is 0 Å². The summed E-state index contributed by atoms with van der Waals surface area (Å²) in [5.41, 5.74) is 0.726. The third-order valence-electron chi connectivity index (χ3n) is 4.56. The number of benzene rings is 1. The Hall–Kier alpha value is -1.74. The lowest BCUT2D eigenvalue weighted by Gasteiger charge is -2.17. The van der Waals surface area contributed by atoms with Crippen molar-refractivity contribution in [1.82, 2.24) is 14.9 Å². The zero-order valence-electron chi connectivity index (χ0n) is 14.4. The number of hydrogen-bond acceptors (Lipinski definition) is 5. The molecule has 1 aliphatic rings. The van der Waals surface area contributed by atoms with Crippen molar-refractivity contribution >= 4 is 15.9 Å². The summed E-state index contributed by atoms with van der Waals surface area (Å²) >= 11 is 3.50. The highest BCUT2D eigenvalue weighted by atomic mass is 79.9. The molecule has 1 saturated heterocycles. The quantitative estimate of drug-likeness (QED) is 0.650. The van der Waals surface area contributed by atoms with E-state index in [0.29, 0.717) is 31.5 Å². The van der Waals surface area contributed by atoms with Crippen molar-refractivity contribution < 1.29 is 9.84 Å². The van der Waals surface area contributed by atoms with Gasteiger partial charge in [-0.2, -0.15) is 0 Å². The second-order valence-electron chi connectivity index (χ2n) is 6.33. The number of aliphatic hydroxyl groups excluding tert-OH is 1. The molecule has 1 aromatic heterocycles. The van der Waals surface area contributed by atoms with Gasteiger partial charge in [-0.15, -0.1) is 0 Å². The molecule has 0 spiro atoms. The molecule has 140 valence electrons. The van der Waals surface area contributed by atoms with Gasteiger partial charge in [0.05, 0.1) is 12.2 Å². The van der Waals surface area contributed by atoms with Crippen LogP contribution in [0.1, 0.15) is 30.7 Å². The van der Waals surface area contributed by atoms with E-state index in [1.54, 1.807) is 0 Å². The van der Waals surface area contributed by atoms with Gasteiger partial charge in [-0.3, -0.25) is 14.3 Å². The fourth-order valence-electron chi connectivity index (χ4n) is 3.05. The number of nitrogens with zero attached hydrogens (tertiary/aromatic N) is 1. The summed E-state index contributed by atoms with van der Waals surface area (Å²) < 4.78 is 8.24. The van der Waals surface area contributed by atoms with Gasteiger partial charge in [0.1, 0.15) is 6.23 Å². The molecule has 2 aromatic rings. The minimum absolute atomic E-state index is 0.302. The van der Waals surface area contributed by atoms with E-state index in [-0.39, 0.29) is 5.56 Å². The number of hydrogen-bond donors (Lipinski definition) is 3. The van der Waals surface area contributed by atoms with Crippen molar-refractivity contribution in [3.8, 4) is 0 Å². The monoisotopic (exact) mass is 423 g/mol. The molecule has 3 rings (SSSR count). The minimum atomic E-state index is -0.685. The molecule has 0 saturated carbocycles. The second kappa shape index (κ2) is 8.30. The maximum absolute atomic E-state index is 12.1. The highest BCUT2D eigenvalue weighted by molar-refractivity contribution is 9.10. The molecule has 7 nitrogen and oxygen atoms in total. The Morgan fingerprint density at radius 1 is 1.35 bits per heavy atom. The summed E-state index contributed by atoms with van der Waals surface area (Å²) in [6.07, 6.45) is 0.644. The predicted octanol–water partition coefficient (Wildman–Crippen LogP) is 1.30. The minimum Gasteiger partial charge on any atom is -0.390 e. The molecule has 1 aliphatic heterocycles. The number of aliphatic hydroxyl groups is 1. The number of H-pyrrole nitrogens is 1. The third kappa shape index (κ3) is 4.15. The second-order valence-corrected chi connectivity index (χ2v) is 7.18. The smallest absolute Gasteiger partial charge is 0.330 e. The Bertz CT molecular complexity index is 879. The van der Waals surface area contributed by atoms with Crippen LogP contribution in [0.2, 0.25) is 0 Å². The Labute approximate surface area is 159 Å². The zero-order chi connectivity index (χ0) is 18.7. The van der Waals surface area contributed by atoms with Gasteiger partial charge in [0.2, 0.25) is 0 Å². The molecular weight excluding hydrogens is 402 g/mol.